The first-order chi connectivity index (χ1) is 6.66. The molecule has 0 bridgehead atoms. The molecule has 0 unspecified atom stereocenters. The minimum absolute atomic E-state index is 0.0637. The third kappa shape index (κ3) is 1.37. The van der Waals surface area contributed by atoms with Crippen LogP contribution < -0.4 is 0 Å². The van der Waals surface area contributed by atoms with Crippen molar-refractivity contribution in [2.24, 2.45) is 5.41 Å². The molecule has 78 valence electrons. The molecule has 0 amide bonds. The Morgan fingerprint density at radius 1 is 1.21 bits per heavy atom. The molecule has 2 nitrogen and oxygen atoms in total. The molecule has 0 radical (unpaired) electrons. The number of aliphatic carboxylic acids is 1. The van der Waals surface area contributed by atoms with Crippen molar-refractivity contribution >= 4 is 5.97 Å². The van der Waals surface area contributed by atoms with Gasteiger partial charge >= 0.3 is 5.97 Å². The number of carbonyl (C=O) groups is 1. The van der Waals surface area contributed by atoms with E-state index in [0.29, 0.717) is 0 Å². The second kappa shape index (κ2) is 3.41. The van der Waals surface area contributed by atoms with Crippen LogP contribution in [-0.2, 0) is 4.79 Å². The number of allylic oxidation sites excluding steroid dienone is 1. The lowest BCUT2D eigenvalue weighted by Gasteiger charge is -2.35. The summed E-state index contributed by atoms with van der Waals surface area (Å²) in [6.07, 6.45) is 7.91. The first kappa shape index (κ1) is 9.75. The minimum atomic E-state index is -0.663. The molecule has 1 spiro atoms. The molecular formula is C12H18O2. The van der Waals surface area contributed by atoms with Crippen LogP contribution in [0.4, 0.5) is 0 Å². The largest absolute Gasteiger partial charge is 0.478 e. The van der Waals surface area contributed by atoms with Crippen molar-refractivity contribution in [3.05, 3.63) is 11.1 Å². The predicted octanol–water partition coefficient (Wildman–Crippen LogP) is 3.13. The van der Waals surface area contributed by atoms with E-state index in [2.05, 4.69) is 0 Å². The zero-order valence-electron chi connectivity index (χ0n) is 8.81. The normalized spacial score (nSPS) is 25.8. The van der Waals surface area contributed by atoms with Crippen LogP contribution in [0.3, 0.4) is 0 Å². The Bertz CT molecular complexity index is 283. The SMILES string of the molecule is CC1=C(C(=O)O)C2(CCCC2)CCC1. The summed E-state index contributed by atoms with van der Waals surface area (Å²) in [6, 6.07) is 0. The Kier molecular flexibility index (Phi) is 2.38. The van der Waals surface area contributed by atoms with Gasteiger partial charge in [0.25, 0.3) is 0 Å². The molecule has 0 aliphatic heterocycles. The Hall–Kier alpha value is -0.790. The van der Waals surface area contributed by atoms with E-state index in [1.165, 1.54) is 19.3 Å². The average Bonchev–Trinajstić information content (AvgIpc) is 2.53. The number of hydrogen-bond donors (Lipinski definition) is 1. The van der Waals surface area contributed by atoms with Crippen LogP contribution in [0.15, 0.2) is 11.1 Å². The Labute approximate surface area is 85.0 Å². The van der Waals surface area contributed by atoms with Gasteiger partial charge in [-0.1, -0.05) is 18.4 Å². The molecule has 2 heteroatoms. The number of carboxylic acids is 1. The van der Waals surface area contributed by atoms with Gasteiger partial charge in [-0.15, -0.1) is 0 Å². The standard InChI is InChI=1S/C12H18O2/c1-9-5-4-8-12(6-2-3-7-12)10(9)11(13)14/h2-8H2,1H3,(H,13,14). The summed E-state index contributed by atoms with van der Waals surface area (Å²) in [5.41, 5.74) is 1.96. The van der Waals surface area contributed by atoms with Crippen molar-refractivity contribution < 1.29 is 9.90 Å². The van der Waals surface area contributed by atoms with Gasteiger partial charge in [-0.2, -0.15) is 0 Å². The Morgan fingerprint density at radius 2 is 1.79 bits per heavy atom. The number of hydrogen-bond acceptors (Lipinski definition) is 1. The second-order valence-electron chi connectivity index (χ2n) is 4.80. The summed E-state index contributed by atoms with van der Waals surface area (Å²) in [5.74, 6) is -0.663. The van der Waals surface area contributed by atoms with E-state index in [-0.39, 0.29) is 5.41 Å². The monoisotopic (exact) mass is 194 g/mol. The van der Waals surface area contributed by atoms with E-state index < -0.39 is 5.97 Å². The van der Waals surface area contributed by atoms with Gasteiger partial charge in [-0.3, -0.25) is 0 Å². The van der Waals surface area contributed by atoms with Crippen LogP contribution in [0.25, 0.3) is 0 Å². The Morgan fingerprint density at radius 3 is 2.36 bits per heavy atom. The van der Waals surface area contributed by atoms with Gasteiger partial charge in [0.15, 0.2) is 0 Å². The second-order valence-corrected chi connectivity index (χ2v) is 4.80. The highest BCUT2D eigenvalue weighted by Crippen LogP contribution is 2.51. The van der Waals surface area contributed by atoms with Gasteiger partial charge in [0.05, 0.1) is 0 Å². The third-order valence-electron chi connectivity index (χ3n) is 3.94. The van der Waals surface area contributed by atoms with Gasteiger partial charge in [-0.25, -0.2) is 4.79 Å². The molecule has 2 aliphatic carbocycles. The van der Waals surface area contributed by atoms with Crippen LogP contribution in [0, 0.1) is 5.41 Å². The fourth-order valence-corrected chi connectivity index (χ4v) is 3.36. The van der Waals surface area contributed by atoms with Gasteiger partial charge in [-0.05, 0) is 39.0 Å². The molecule has 0 aromatic carbocycles. The van der Waals surface area contributed by atoms with E-state index in [4.69, 9.17) is 0 Å². The maximum atomic E-state index is 11.3. The predicted molar refractivity (Wildman–Crippen MR) is 55.1 cm³/mol. The molecule has 1 fully saturated rings. The molecule has 0 saturated heterocycles. The smallest absolute Gasteiger partial charge is 0.332 e. The summed E-state index contributed by atoms with van der Waals surface area (Å²) in [5, 5.41) is 9.28. The number of rotatable bonds is 1. The highest BCUT2D eigenvalue weighted by Gasteiger charge is 2.42. The molecule has 0 heterocycles. The maximum absolute atomic E-state index is 11.3. The zero-order chi connectivity index (χ0) is 10.2. The molecule has 2 aliphatic rings. The van der Waals surface area contributed by atoms with Crippen LogP contribution in [0.2, 0.25) is 0 Å². The fraction of sp³-hybridized carbons (Fsp3) is 0.750. The van der Waals surface area contributed by atoms with Crippen molar-refractivity contribution in [2.45, 2.75) is 51.9 Å². The lowest BCUT2D eigenvalue weighted by atomic mass is 9.69. The van der Waals surface area contributed by atoms with Gasteiger partial charge in [0.2, 0.25) is 0 Å². The minimum Gasteiger partial charge on any atom is -0.478 e. The van der Waals surface area contributed by atoms with Crippen molar-refractivity contribution in [3.8, 4) is 0 Å². The molecular weight excluding hydrogens is 176 g/mol. The summed E-state index contributed by atoms with van der Waals surface area (Å²) < 4.78 is 0. The summed E-state index contributed by atoms with van der Waals surface area (Å²) in [4.78, 5) is 11.3. The first-order valence-corrected chi connectivity index (χ1v) is 5.59. The van der Waals surface area contributed by atoms with Gasteiger partial charge in [0, 0.05) is 11.0 Å². The molecule has 14 heavy (non-hydrogen) atoms. The summed E-state index contributed by atoms with van der Waals surface area (Å²) in [6.45, 7) is 2.00. The maximum Gasteiger partial charge on any atom is 0.332 e. The van der Waals surface area contributed by atoms with Crippen LogP contribution >= 0.6 is 0 Å². The molecule has 1 saturated carbocycles. The van der Waals surface area contributed by atoms with E-state index in [1.54, 1.807) is 0 Å². The van der Waals surface area contributed by atoms with Crippen molar-refractivity contribution in [1.82, 2.24) is 0 Å². The van der Waals surface area contributed by atoms with Gasteiger partial charge < -0.3 is 5.11 Å². The van der Waals surface area contributed by atoms with Crippen LogP contribution in [-0.4, -0.2) is 11.1 Å². The van der Waals surface area contributed by atoms with E-state index in [0.717, 1.165) is 36.8 Å². The molecule has 0 atom stereocenters. The molecule has 0 aromatic heterocycles. The van der Waals surface area contributed by atoms with Crippen molar-refractivity contribution in [2.75, 3.05) is 0 Å². The summed E-state index contributed by atoms with van der Waals surface area (Å²) in [7, 11) is 0. The Balaban J connectivity index is 2.40. The molecule has 1 N–H and O–H groups in total. The van der Waals surface area contributed by atoms with E-state index in [1.807, 2.05) is 6.92 Å². The van der Waals surface area contributed by atoms with E-state index in [9.17, 15) is 9.90 Å². The first-order valence-electron chi connectivity index (χ1n) is 5.59. The number of carboxylic acid groups (broad SMARTS) is 1. The third-order valence-corrected chi connectivity index (χ3v) is 3.94. The van der Waals surface area contributed by atoms with E-state index >= 15 is 0 Å². The van der Waals surface area contributed by atoms with Crippen LogP contribution in [0.1, 0.15) is 51.9 Å². The van der Waals surface area contributed by atoms with Crippen molar-refractivity contribution in [3.63, 3.8) is 0 Å². The molecule has 2 rings (SSSR count). The fourth-order valence-electron chi connectivity index (χ4n) is 3.36. The topological polar surface area (TPSA) is 37.3 Å². The highest BCUT2D eigenvalue weighted by atomic mass is 16.4. The van der Waals surface area contributed by atoms with Crippen LogP contribution in [0.5, 0.6) is 0 Å². The lowest BCUT2D eigenvalue weighted by Crippen LogP contribution is -2.29. The quantitative estimate of drug-likeness (QED) is 0.696. The molecule has 0 aromatic rings. The summed E-state index contributed by atoms with van der Waals surface area (Å²) >= 11 is 0. The average molecular weight is 194 g/mol. The van der Waals surface area contributed by atoms with Gasteiger partial charge in [0.1, 0.15) is 0 Å². The zero-order valence-corrected chi connectivity index (χ0v) is 8.81. The highest BCUT2D eigenvalue weighted by molar-refractivity contribution is 5.89. The van der Waals surface area contributed by atoms with Crippen molar-refractivity contribution in [1.29, 1.82) is 0 Å². The lowest BCUT2D eigenvalue weighted by molar-refractivity contribution is -0.134.